The van der Waals surface area contributed by atoms with Gasteiger partial charge in [0, 0.05) is 39.3 Å². The quantitative estimate of drug-likeness (QED) is 0.687. The van der Waals surface area contributed by atoms with Crippen LogP contribution in [0.4, 0.5) is 4.79 Å². The minimum absolute atomic E-state index is 0.340. The third-order valence-electron chi connectivity index (χ3n) is 4.66. The lowest BCUT2D eigenvalue weighted by Crippen LogP contribution is -2.57. The molecule has 0 aliphatic carbocycles. The Kier molecular flexibility index (Phi) is 6.55. The zero-order chi connectivity index (χ0) is 17.7. The molecule has 10 heteroatoms. The van der Waals surface area contributed by atoms with Crippen molar-refractivity contribution in [3.8, 4) is 0 Å². The second-order valence-corrected chi connectivity index (χ2v) is 8.21. The molecular formula is C14H27N5O4S. The van der Waals surface area contributed by atoms with E-state index >= 15 is 0 Å². The van der Waals surface area contributed by atoms with Crippen molar-refractivity contribution in [2.24, 2.45) is 5.73 Å². The molecule has 9 nitrogen and oxygen atoms in total. The van der Waals surface area contributed by atoms with Crippen LogP contribution in [0.25, 0.3) is 0 Å². The number of urea groups is 1. The molecule has 0 radical (unpaired) electrons. The van der Waals surface area contributed by atoms with E-state index in [2.05, 4.69) is 5.32 Å². The molecule has 2 aliphatic rings. The number of primary amides is 1. The molecule has 0 aromatic carbocycles. The number of nitrogens with zero attached hydrogens (tertiary/aromatic N) is 3. The highest BCUT2D eigenvalue weighted by molar-refractivity contribution is 7.86. The Labute approximate surface area is 143 Å². The lowest BCUT2D eigenvalue weighted by molar-refractivity contribution is -0.125. The highest BCUT2D eigenvalue weighted by Gasteiger charge is 2.34. The summed E-state index contributed by atoms with van der Waals surface area (Å²) in [6, 6.07) is -1.41. The van der Waals surface area contributed by atoms with Gasteiger partial charge in [0.1, 0.15) is 0 Å². The first kappa shape index (κ1) is 19.1. The maximum atomic E-state index is 12.7. The molecule has 0 saturated carbocycles. The molecule has 0 aromatic heterocycles. The Morgan fingerprint density at radius 3 is 1.92 bits per heavy atom. The van der Waals surface area contributed by atoms with Crippen molar-refractivity contribution in [2.45, 2.75) is 38.6 Å². The van der Waals surface area contributed by atoms with Crippen LogP contribution < -0.4 is 11.1 Å². The van der Waals surface area contributed by atoms with Gasteiger partial charge >= 0.3 is 6.03 Å². The topological polar surface area (TPSA) is 116 Å². The molecule has 24 heavy (non-hydrogen) atoms. The number of amides is 3. The molecule has 1 atom stereocenters. The number of carbonyl (C=O) groups excluding carboxylic acids is 2. The van der Waals surface area contributed by atoms with Crippen LogP contribution in [0.15, 0.2) is 0 Å². The monoisotopic (exact) mass is 361 g/mol. The van der Waals surface area contributed by atoms with Crippen LogP contribution in [0.1, 0.15) is 32.6 Å². The fraction of sp³-hybridized carbons (Fsp3) is 0.857. The Balaban J connectivity index is 1.91. The molecule has 2 heterocycles. The van der Waals surface area contributed by atoms with Crippen LogP contribution >= 0.6 is 0 Å². The fourth-order valence-electron chi connectivity index (χ4n) is 3.15. The standard InChI is InChI=1S/C14H27N5O4S/c1-12(13(20)16-14(15)21)17-8-10-19(11-9-17)24(22,23)18-6-4-2-3-5-7-18/h12H,2-11H2,1H3,(H3,15,16,20,21). The molecule has 2 aliphatic heterocycles. The van der Waals surface area contributed by atoms with Gasteiger partial charge in [-0.25, -0.2) is 4.79 Å². The Bertz CT molecular complexity index is 552. The van der Waals surface area contributed by atoms with Crippen LogP contribution in [-0.2, 0) is 15.0 Å². The van der Waals surface area contributed by atoms with E-state index in [1.165, 1.54) is 4.31 Å². The second-order valence-electron chi connectivity index (χ2n) is 6.29. The maximum Gasteiger partial charge on any atom is 0.318 e. The molecular weight excluding hydrogens is 334 g/mol. The number of nitrogens with two attached hydrogens (primary N) is 1. The summed E-state index contributed by atoms with van der Waals surface area (Å²) in [6.07, 6.45) is 3.96. The van der Waals surface area contributed by atoms with E-state index in [9.17, 15) is 18.0 Å². The van der Waals surface area contributed by atoms with Crippen LogP contribution in [0.2, 0.25) is 0 Å². The minimum Gasteiger partial charge on any atom is -0.351 e. The molecule has 2 rings (SSSR count). The van der Waals surface area contributed by atoms with Crippen molar-refractivity contribution in [3.05, 3.63) is 0 Å². The average Bonchev–Trinajstić information content (AvgIpc) is 2.83. The predicted molar refractivity (Wildman–Crippen MR) is 89.3 cm³/mol. The van der Waals surface area contributed by atoms with Crippen molar-refractivity contribution >= 4 is 22.1 Å². The summed E-state index contributed by atoms with van der Waals surface area (Å²) in [7, 11) is -3.43. The number of hydrogen-bond acceptors (Lipinski definition) is 5. The van der Waals surface area contributed by atoms with E-state index in [1.807, 2.05) is 4.90 Å². The predicted octanol–water partition coefficient (Wildman–Crippen LogP) is -0.692. The average molecular weight is 361 g/mol. The highest BCUT2D eigenvalue weighted by Crippen LogP contribution is 2.18. The fourth-order valence-corrected chi connectivity index (χ4v) is 4.82. The van der Waals surface area contributed by atoms with Gasteiger partial charge in [-0.1, -0.05) is 12.8 Å². The van der Waals surface area contributed by atoms with Gasteiger partial charge in [-0.05, 0) is 19.8 Å². The van der Waals surface area contributed by atoms with E-state index in [4.69, 9.17) is 5.73 Å². The van der Waals surface area contributed by atoms with Gasteiger partial charge in [0.05, 0.1) is 6.04 Å². The molecule has 0 bridgehead atoms. The molecule has 3 amide bonds. The number of hydrogen-bond donors (Lipinski definition) is 2. The minimum atomic E-state index is -3.43. The summed E-state index contributed by atoms with van der Waals surface area (Å²) in [6.45, 7) is 4.41. The number of imide groups is 1. The first-order valence-corrected chi connectivity index (χ1v) is 9.81. The third kappa shape index (κ3) is 4.65. The lowest BCUT2D eigenvalue weighted by Gasteiger charge is -2.38. The summed E-state index contributed by atoms with van der Waals surface area (Å²) >= 11 is 0. The molecule has 1 unspecified atom stereocenters. The van der Waals surface area contributed by atoms with Gasteiger partial charge in [-0.3, -0.25) is 15.0 Å². The molecule has 2 fully saturated rings. The first-order valence-electron chi connectivity index (χ1n) is 8.42. The summed E-state index contributed by atoms with van der Waals surface area (Å²) < 4.78 is 28.6. The van der Waals surface area contributed by atoms with Gasteiger partial charge in [0.25, 0.3) is 10.2 Å². The van der Waals surface area contributed by atoms with Crippen molar-refractivity contribution in [3.63, 3.8) is 0 Å². The molecule has 3 N–H and O–H groups in total. The lowest BCUT2D eigenvalue weighted by atomic mass is 10.2. The molecule has 138 valence electrons. The molecule has 2 saturated heterocycles. The van der Waals surface area contributed by atoms with Gasteiger partial charge < -0.3 is 5.73 Å². The molecule has 0 aromatic rings. The van der Waals surface area contributed by atoms with Crippen molar-refractivity contribution in [1.29, 1.82) is 0 Å². The summed E-state index contributed by atoms with van der Waals surface area (Å²) in [5, 5.41) is 2.06. The largest absolute Gasteiger partial charge is 0.351 e. The van der Waals surface area contributed by atoms with Crippen molar-refractivity contribution in [2.75, 3.05) is 39.3 Å². The molecule has 0 spiro atoms. The number of piperazine rings is 1. The van der Waals surface area contributed by atoms with Crippen LogP contribution in [-0.4, -0.2) is 79.2 Å². The van der Waals surface area contributed by atoms with Crippen LogP contribution in [0.5, 0.6) is 0 Å². The van der Waals surface area contributed by atoms with E-state index in [0.29, 0.717) is 39.3 Å². The second kappa shape index (κ2) is 8.24. The van der Waals surface area contributed by atoms with Gasteiger partial charge in [-0.2, -0.15) is 17.0 Å². The first-order chi connectivity index (χ1) is 11.3. The highest BCUT2D eigenvalue weighted by atomic mass is 32.2. The Morgan fingerprint density at radius 1 is 0.917 bits per heavy atom. The zero-order valence-electron chi connectivity index (χ0n) is 14.1. The Morgan fingerprint density at radius 2 is 1.42 bits per heavy atom. The number of nitrogens with one attached hydrogen (secondary N) is 1. The van der Waals surface area contributed by atoms with Gasteiger partial charge in [0.15, 0.2) is 0 Å². The van der Waals surface area contributed by atoms with Crippen molar-refractivity contribution < 1.29 is 18.0 Å². The van der Waals surface area contributed by atoms with Crippen LogP contribution in [0, 0.1) is 0 Å². The Hall–Kier alpha value is -1.23. The summed E-state index contributed by atoms with van der Waals surface area (Å²) in [4.78, 5) is 24.4. The van der Waals surface area contributed by atoms with E-state index in [0.717, 1.165) is 25.7 Å². The number of carbonyl (C=O) groups is 2. The van der Waals surface area contributed by atoms with E-state index in [1.54, 1.807) is 11.2 Å². The SMILES string of the molecule is CC(C(=O)NC(N)=O)N1CCN(S(=O)(=O)N2CCCCCC2)CC1. The van der Waals surface area contributed by atoms with E-state index in [-0.39, 0.29) is 0 Å². The van der Waals surface area contributed by atoms with Gasteiger partial charge in [0.2, 0.25) is 5.91 Å². The van der Waals surface area contributed by atoms with Gasteiger partial charge in [-0.15, -0.1) is 0 Å². The summed E-state index contributed by atoms with van der Waals surface area (Å²) in [5.74, 6) is -0.466. The maximum absolute atomic E-state index is 12.7. The smallest absolute Gasteiger partial charge is 0.318 e. The normalized spacial score (nSPS) is 23.4. The van der Waals surface area contributed by atoms with Crippen molar-refractivity contribution in [1.82, 2.24) is 18.8 Å². The van der Waals surface area contributed by atoms with E-state index < -0.39 is 28.2 Å². The number of rotatable bonds is 4. The third-order valence-corrected chi connectivity index (χ3v) is 6.70. The zero-order valence-corrected chi connectivity index (χ0v) is 14.9. The van der Waals surface area contributed by atoms with Crippen LogP contribution in [0.3, 0.4) is 0 Å². The summed E-state index contributed by atoms with van der Waals surface area (Å²) in [5.41, 5.74) is 4.95.